The minimum absolute atomic E-state index is 0.683. The summed E-state index contributed by atoms with van der Waals surface area (Å²) in [6, 6.07) is 10.2. The second kappa shape index (κ2) is 8.86. The molecule has 0 aliphatic carbocycles. The Bertz CT molecular complexity index is 597. The Labute approximate surface area is 141 Å². The molecule has 0 amide bonds. The Kier molecular flexibility index (Phi) is 6.80. The Morgan fingerprint density at radius 1 is 1.27 bits per heavy atom. The van der Waals surface area contributed by atoms with Gasteiger partial charge in [-0.2, -0.15) is 11.8 Å². The second-order valence-electron chi connectivity index (χ2n) is 5.18. The van der Waals surface area contributed by atoms with Crippen molar-refractivity contribution in [1.82, 2.24) is 5.32 Å². The number of rotatable bonds is 7. The molecule has 0 spiro atoms. The molecule has 1 aromatic heterocycles. The fraction of sp³-hybridized carbons (Fsp3) is 0.353. The molecule has 22 heavy (non-hydrogen) atoms. The van der Waals surface area contributed by atoms with Gasteiger partial charge in [0.15, 0.2) is 5.11 Å². The third-order valence-electron chi connectivity index (χ3n) is 3.21. The number of benzene rings is 1. The van der Waals surface area contributed by atoms with E-state index in [1.807, 2.05) is 23.9 Å². The van der Waals surface area contributed by atoms with Gasteiger partial charge in [0.2, 0.25) is 0 Å². The first kappa shape index (κ1) is 16.9. The van der Waals surface area contributed by atoms with Gasteiger partial charge in [0.1, 0.15) is 5.76 Å². The molecule has 0 atom stereocenters. The molecule has 0 bridgehead atoms. The number of aryl methyl sites for hydroxylation is 2. The summed E-state index contributed by atoms with van der Waals surface area (Å²) in [6.07, 6.45) is 2.79. The van der Waals surface area contributed by atoms with Crippen molar-refractivity contribution in [1.29, 1.82) is 0 Å². The van der Waals surface area contributed by atoms with E-state index in [4.69, 9.17) is 16.6 Å². The van der Waals surface area contributed by atoms with Crippen molar-refractivity contribution in [3.63, 3.8) is 0 Å². The van der Waals surface area contributed by atoms with Gasteiger partial charge in [0, 0.05) is 12.2 Å². The molecular formula is C17H22N2OS2. The molecule has 0 radical (unpaired) electrons. The first-order chi connectivity index (χ1) is 10.6. The summed E-state index contributed by atoms with van der Waals surface area (Å²) in [7, 11) is 0. The second-order valence-corrected chi connectivity index (χ2v) is 6.70. The highest BCUT2D eigenvalue weighted by molar-refractivity contribution is 7.98. The van der Waals surface area contributed by atoms with Gasteiger partial charge >= 0.3 is 0 Å². The molecule has 2 rings (SSSR count). The van der Waals surface area contributed by atoms with Crippen molar-refractivity contribution in [3.8, 4) is 0 Å². The van der Waals surface area contributed by atoms with E-state index in [0.717, 1.165) is 35.9 Å². The maximum Gasteiger partial charge on any atom is 0.170 e. The summed E-state index contributed by atoms with van der Waals surface area (Å²) in [6.45, 7) is 5.05. The Balaban J connectivity index is 1.59. The third kappa shape index (κ3) is 5.73. The van der Waals surface area contributed by atoms with Crippen LogP contribution in [0.15, 0.2) is 41.0 Å². The maximum atomic E-state index is 5.33. The topological polar surface area (TPSA) is 37.2 Å². The van der Waals surface area contributed by atoms with Crippen LogP contribution in [0.5, 0.6) is 0 Å². The number of anilines is 1. The van der Waals surface area contributed by atoms with E-state index < -0.39 is 0 Å². The van der Waals surface area contributed by atoms with Gasteiger partial charge < -0.3 is 15.1 Å². The summed E-state index contributed by atoms with van der Waals surface area (Å²) in [5.74, 6) is 3.04. The van der Waals surface area contributed by atoms with Crippen molar-refractivity contribution in [2.24, 2.45) is 0 Å². The molecule has 3 nitrogen and oxygen atoms in total. The summed E-state index contributed by atoms with van der Waals surface area (Å²) >= 11 is 7.20. The molecular weight excluding hydrogens is 312 g/mol. The lowest BCUT2D eigenvalue weighted by Gasteiger charge is -2.12. The summed E-state index contributed by atoms with van der Waals surface area (Å²) < 4.78 is 5.30. The largest absolute Gasteiger partial charge is 0.468 e. The van der Waals surface area contributed by atoms with Crippen LogP contribution in [-0.2, 0) is 5.75 Å². The van der Waals surface area contributed by atoms with Gasteiger partial charge in [0.05, 0.1) is 12.0 Å². The predicted molar refractivity (Wildman–Crippen MR) is 99.6 cm³/mol. The van der Waals surface area contributed by atoms with E-state index >= 15 is 0 Å². The summed E-state index contributed by atoms with van der Waals surface area (Å²) in [5.41, 5.74) is 3.53. The van der Waals surface area contributed by atoms with Crippen LogP contribution in [0, 0.1) is 13.8 Å². The first-order valence-corrected chi connectivity index (χ1v) is 8.93. The number of thiocarbonyl (C=S) groups is 1. The van der Waals surface area contributed by atoms with Crippen LogP contribution in [0.25, 0.3) is 0 Å². The molecule has 5 heteroatoms. The Hall–Kier alpha value is -1.46. The fourth-order valence-corrected chi connectivity index (χ4v) is 3.13. The quantitative estimate of drug-likeness (QED) is 0.576. The first-order valence-electron chi connectivity index (χ1n) is 7.37. The summed E-state index contributed by atoms with van der Waals surface area (Å²) in [5, 5.41) is 7.18. The predicted octanol–water partition coefficient (Wildman–Crippen LogP) is 4.51. The molecule has 1 aromatic carbocycles. The zero-order chi connectivity index (χ0) is 15.8. The molecule has 0 saturated carbocycles. The highest BCUT2D eigenvalue weighted by Crippen LogP contribution is 2.16. The maximum absolute atomic E-state index is 5.33. The van der Waals surface area contributed by atoms with Gasteiger partial charge in [0.25, 0.3) is 0 Å². The number of furan rings is 1. The number of thioether (sulfide) groups is 1. The van der Waals surface area contributed by atoms with Crippen LogP contribution in [0.4, 0.5) is 5.69 Å². The molecule has 118 valence electrons. The molecule has 0 aliphatic rings. The van der Waals surface area contributed by atoms with Crippen molar-refractivity contribution in [2.75, 3.05) is 17.6 Å². The highest BCUT2D eigenvalue weighted by Gasteiger charge is 2.01. The Morgan fingerprint density at radius 2 is 2.14 bits per heavy atom. The Morgan fingerprint density at radius 3 is 2.86 bits per heavy atom. The monoisotopic (exact) mass is 334 g/mol. The zero-order valence-electron chi connectivity index (χ0n) is 13.0. The number of hydrogen-bond acceptors (Lipinski definition) is 3. The van der Waals surface area contributed by atoms with Gasteiger partial charge in [-0.25, -0.2) is 0 Å². The van der Waals surface area contributed by atoms with Crippen molar-refractivity contribution in [3.05, 3.63) is 53.5 Å². The molecule has 0 saturated heterocycles. The SMILES string of the molecule is Cc1ccc(NC(=S)NCCCSCc2ccco2)c(C)c1. The zero-order valence-corrected chi connectivity index (χ0v) is 14.7. The van der Waals surface area contributed by atoms with Crippen molar-refractivity contribution in [2.45, 2.75) is 26.0 Å². The highest BCUT2D eigenvalue weighted by atomic mass is 32.2. The standard InChI is InChI=1S/C17H22N2OS2/c1-13-6-7-16(14(2)11-13)19-17(21)18-8-4-10-22-12-15-5-3-9-20-15/h3,5-7,9,11H,4,8,10,12H2,1-2H3,(H2,18,19,21). The average Bonchev–Trinajstić information content (AvgIpc) is 2.99. The van der Waals surface area contributed by atoms with Crippen LogP contribution in [0.1, 0.15) is 23.3 Å². The van der Waals surface area contributed by atoms with E-state index in [1.54, 1.807) is 6.26 Å². The molecule has 2 aromatic rings. The van der Waals surface area contributed by atoms with Gasteiger partial charge in [-0.15, -0.1) is 0 Å². The number of nitrogens with one attached hydrogen (secondary N) is 2. The average molecular weight is 335 g/mol. The smallest absolute Gasteiger partial charge is 0.170 e. The minimum Gasteiger partial charge on any atom is -0.468 e. The van der Waals surface area contributed by atoms with Crippen LogP contribution in [0.2, 0.25) is 0 Å². The summed E-state index contributed by atoms with van der Waals surface area (Å²) in [4.78, 5) is 0. The molecule has 1 heterocycles. The molecule has 0 aliphatic heterocycles. The molecule has 2 N–H and O–H groups in total. The molecule has 0 fully saturated rings. The van der Waals surface area contributed by atoms with Crippen LogP contribution < -0.4 is 10.6 Å². The normalized spacial score (nSPS) is 10.5. The number of hydrogen-bond donors (Lipinski definition) is 2. The van der Waals surface area contributed by atoms with Crippen molar-refractivity contribution < 1.29 is 4.42 Å². The third-order valence-corrected chi connectivity index (χ3v) is 4.52. The minimum atomic E-state index is 0.683. The van der Waals surface area contributed by atoms with E-state index in [9.17, 15) is 0 Å². The lowest BCUT2D eigenvalue weighted by molar-refractivity contribution is 0.530. The van der Waals surface area contributed by atoms with Crippen LogP contribution >= 0.6 is 24.0 Å². The van der Waals surface area contributed by atoms with Crippen LogP contribution in [0.3, 0.4) is 0 Å². The van der Waals surface area contributed by atoms with Gasteiger partial charge in [-0.3, -0.25) is 0 Å². The lowest BCUT2D eigenvalue weighted by atomic mass is 10.1. The van der Waals surface area contributed by atoms with Gasteiger partial charge in [-0.05, 0) is 62.0 Å². The van der Waals surface area contributed by atoms with E-state index in [2.05, 4.69) is 42.7 Å². The van der Waals surface area contributed by atoms with Crippen LogP contribution in [-0.4, -0.2) is 17.4 Å². The van der Waals surface area contributed by atoms with E-state index in [0.29, 0.717) is 5.11 Å². The molecule has 0 unspecified atom stereocenters. The van der Waals surface area contributed by atoms with Crippen molar-refractivity contribution >= 4 is 34.8 Å². The van der Waals surface area contributed by atoms with E-state index in [-0.39, 0.29) is 0 Å². The van der Waals surface area contributed by atoms with Gasteiger partial charge in [-0.1, -0.05) is 17.7 Å². The lowest BCUT2D eigenvalue weighted by Crippen LogP contribution is -2.29. The van der Waals surface area contributed by atoms with E-state index in [1.165, 1.54) is 11.1 Å². The fourth-order valence-electron chi connectivity index (χ4n) is 2.06.